The quantitative estimate of drug-likeness (QED) is 0.565. The number of tetrazole rings is 1. The molecule has 0 radical (unpaired) electrons. The fraction of sp³-hybridized carbons (Fsp3) is 0.458. The first-order valence-electron chi connectivity index (χ1n) is 11.1. The van der Waals surface area contributed by atoms with E-state index in [1.807, 2.05) is 35.0 Å². The lowest BCUT2D eigenvalue weighted by molar-refractivity contribution is 0.191. The van der Waals surface area contributed by atoms with Gasteiger partial charge in [-0.3, -0.25) is 4.90 Å². The molecule has 4 rings (SSSR count). The number of ether oxygens (including phenoxy) is 2. The van der Waals surface area contributed by atoms with Crippen molar-refractivity contribution in [1.82, 2.24) is 25.1 Å². The maximum atomic E-state index is 14.3. The Labute approximate surface area is 193 Å². The minimum Gasteiger partial charge on any atom is -0.493 e. The average Bonchev–Trinajstić information content (AvgIpc) is 3.30. The number of piperazine rings is 1. The number of nitrogens with zero attached hydrogens (tertiary/aromatic N) is 6. The molecule has 0 saturated carbocycles. The summed E-state index contributed by atoms with van der Waals surface area (Å²) in [4.78, 5) is 4.43. The predicted molar refractivity (Wildman–Crippen MR) is 124 cm³/mol. The van der Waals surface area contributed by atoms with Gasteiger partial charge in [-0.1, -0.05) is 18.2 Å². The number of aromatic nitrogens is 4. The highest BCUT2D eigenvalue weighted by Crippen LogP contribution is 2.36. The molecule has 0 bridgehead atoms. The fourth-order valence-corrected chi connectivity index (χ4v) is 4.32. The molecule has 0 spiro atoms. The van der Waals surface area contributed by atoms with E-state index < -0.39 is 0 Å². The van der Waals surface area contributed by atoms with Gasteiger partial charge in [0.1, 0.15) is 5.82 Å². The van der Waals surface area contributed by atoms with Gasteiger partial charge < -0.3 is 14.4 Å². The van der Waals surface area contributed by atoms with Crippen LogP contribution >= 0.6 is 0 Å². The van der Waals surface area contributed by atoms with Crippen LogP contribution in [0.3, 0.4) is 0 Å². The number of anilines is 1. The number of hydrogen-bond acceptors (Lipinski definition) is 7. The van der Waals surface area contributed by atoms with Crippen molar-refractivity contribution in [2.45, 2.75) is 32.4 Å². The van der Waals surface area contributed by atoms with E-state index in [-0.39, 0.29) is 17.4 Å². The third kappa shape index (κ3) is 4.64. The second-order valence-electron chi connectivity index (χ2n) is 9.11. The largest absolute Gasteiger partial charge is 0.493 e. The SMILES string of the molecule is COc1ccc([C@@H](c2nnnn2C(C)(C)C)N2CCN(c3ccccc3F)CC2)cc1OC. The lowest BCUT2D eigenvalue weighted by Gasteiger charge is -2.40. The number of rotatable bonds is 6. The highest BCUT2D eigenvalue weighted by molar-refractivity contribution is 5.48. The summed E-state index contributed by atoms with van der Waals surface area (Å²) in [5, 5.41) is 12.7. The molecule has 8 nitrogen and oxygen atoms in total. The monoisotopic (exact) mass is 454 g/mol. The Kier molecular flexibility index (Phi) is 6.51. The third-order valence-corrected chi connectivity index (χ3v) is 5.97. The van der Waals surface area contributed by atoms with Crippen LogP contribution in [0.15, 0.2) is 42.5 Å². The Morgan fingerprint density at radius 1 is 0.939 bits per heavy atom. The Morgan fingerprint density at radius 3 is 2.27 bits per heavy atom. The number of methoxy groups -OCH3 is 2. The van der Waals surface area contributed by atoms with Gasteiger partial charge in [0.05, 0.1) is 31.5 Å². The zero-order valence-electron chi connectivity index (χ0n) is 19.8. The standard InChI is InChI=1S/C24H31FN6O2/c1-24(2,3)31-23(26-27-28-31)22(17-10-11-20(32-4)21(16-17)33-5)30-14-12-29(13-15-30)19-9-7-6-8-18(19)25/h6-11,16,22H,12-15H2,1-5H3/t22-/m0/s1. The molecule has 0 aliphatic carbocycles. The van der Waals surface area contributed by atoms with Crippen molar-refractivity contribution in [3.05, 3.63) is 59.7 Å². The van der Waals surface area contributed by atoms with Crippen LogP contribution in [0.5, 0.6) is 11.5 Å². The smallest absolute Gasteiger partial charge is 0.173 e. The lowest BCUT2D eigenvalue weighted by Crippen LogP contribution is -2.49. The molecule has 33 heavy (non-hydrogen) atoms. The van der Waals surface area contributed by atoms with Gasteiger partial charge in [0.2, 0.25) is 0 Å². The van der Waals surface area contributed by atoms with Gasteiger partial charge in [0.25, 0.3) is 0 Å². The van der Waals surface area contributed by atoms with Crippen molar-refractivity contribution in [2.75, 3.05) is 45.3 Å². The Hall–Kier alpha value is -3.20. The summed E-state index contributed by atoms with van der Waals surface area (Å²) in [6.07, 6.45) is 0. The molecule has 9 heteroatoms. The zero-order chi connectivity index (χ0) is 23.6. The van der Waals surface area contributed by atoms with E-state index >= 15 is 0 Å². The first-order chi connectivity index (χ1) is 15.8. The number of benzene rings is 2. The van der Waals surface area contributed by atoms with Crippen molar-refractivity contribution in [2.24, 2.45) is 0 Å². The van der Waals surface area contributed by atoms with Crippen molar-refractivity contribution >= 4 is 5.69 Å². The van der Waals surface area contributed by atoms with Crippen LogP contribution in [0.1, 0.15) is 38.2 Å². The fourth-order valence-electron chi connectivity index (χ4n) is 4.32. The normalized spacial score (nSPS) is 16.0. The van der Waals surface area contributed by atoms with Crippen molar-refractivity contribution in [3.63, 3.8) is 0 Å². The van der Waals surface area contributed by atoms with Crippen LogP contribution in [0.2, 0.25) is 0 Å². The first kappa shape index (κ1) is 23.0. The van der Waals surface area contributed by atoms with Crippen LogP contribution in [0.25, 0.3) is 0 Å². The summed E-state index contributed by atoms with van der Waals surface area (Å²) in [7, 11) is 3.25. The third-order valence-electron chi connectivity index (χ3n) is 5.97. The van der Waals surface area contributed by atoms with Crippen LogP contribution < -0.4 is 14.4 Å². The van der Waals surface area contributed by atoms with Gasteiger partial charge in [0.15, 0.2) is 17.3 Å². The summed E-state index contributed by atoms with van der Waals surface area (Å²) in [5.74, 6) is 1.88. The number of para-hydroxylation sites is 1. The van der Waals surface area contributed by atoms with E-state index in [2.05, 4.69) is 46.1 Å². The molecular formula is C24H31FN6O2. The van der Waals surface area contributed by atoms with Gasteiger partial charge in [-0.15, -0.1) is 5.10 Å². The number of halogens is 1. The van der Waals surface area contributed by atoms with Gasteiger partial charge in [0, 0.05) is 26.2 Å². The average molecular weight is 455 g/mol. The molecule has 176 valence electrons. The Bertz CT molecular complexity index is 1090. The number of hydrogen-bond donors (Lipinski definition) is 0. The van der Waals surface area contributed by atoms with E-state index in [1.54, 1.807) is 20.3 Å². The zero-order valence-corrected chi connectivity index (χ0v) is 19.8. The van der Waals surface area contributed by atoms with Crippen molar-refractivity contribution in [3.8, 4) is 11.5 Å². The van der Waals surface area contributed by atoms with Gasteiger partial charge in [-0.2, -0.15) is 0 Å². The molecule has 0 N–H and O–H groups in total. The summed E-state index contributed by atoms with van der Waals surface area (Å²) >= 11 is 0. The Morgan fingerprint density at radius 2 is 1.64 bits per heavy atom. The van der Waals surface area contributed by atoms with Crippen LogP contribution in [0.4, 0.5) is 10.1 Å². The molecule has 1 fully saturated rings. The molecule has 1 saturated heterocycles. The van der Waals surface area contributed by atoms with Gasteiger partial charge >= 0.3 is 0 Å². The van der Waals surface area contributed by atoms with E-state index in [0.717, 1.165) is 24.5 Å². The lowest BCUT2D eigenvalue weighted by atomic mass is 10.0. The second kappa shape index (κ2) is 9.35. The minimum atomic E-state index is -0.289. The molecule has 0 unspecified atom stereocenters. The van der Waals surface area contributed by atoms with Gasteiger partial charge in [-0.05, 0) is 61.0 Å². The first-order valence-corrected chi connectivity index (χ1v) is 11.1. The molecule has 0 amide bonds. The van der Waals surface area contributed by atoms with Crippen LogP contribution in [-0.2, 0) is 5.54 Å². The summed E-state index contributed by atoms with van der Waals surface area (Å²) in [5.41, 5.74) is 1.36. The van der Waals surface area contributed by atoms with E-state index in [9.17, 15) is 4.39 Å². The summed E-state index contributed by atoms with van der Waals surface area (Å²) < 4.78 is 27.2. The Balaban J connectivity index is 1.69. The molecular weight excluding hydrogens is 423 g/mol. The molecule has 1 aliphatic heterocycles. The summed E-state index contributed by atoms with van der Waals surface area (Å²) in [6.45, 7) is 9.08. The highest BCUT2D eigenvalue weighted by Gasteiger charge is 2.34. The van der Waals surface area contributed by atoms with E-state index in [0.29, 0.717) is 30.3 Å². The topological polar surface area (TPSA) is 68.5 Å². The van der Waals surface area contributed by atoms with E-state index in [1.165, 1.54) is 6.07 Å². The summed E-state index contributed by atoms with van der Waals surface area (Å²) in [6, 6.07) is 12.6. The predicted octanol–water partition coefficient (Wildman–Crippen LogP) is 3.50. The van der Waals surface area contributed by atoms with Crippen molar-refractivity contribution < 1.29 is 13.9 Å². The molecule has 3 aromatic rings. The van der Waals surface area contributed by atoms with Crippen LogP contribution in [-0.4, -0.2) is 65.5 Å². The molecule has 2 heterocycles. The molecule has 1 atom stereocenters. The molecule has 1 aliphatic rings. The highest BCUT2D eigenvalue weighted by atomic mass is 19.1. The molecule has 2 aromatic carbocycles. The van der Waals surface area contributed by atoms with Crippen molar-refractivity contribution in [1.29, 1.82) is 0 Å². The van der Waals surface area contributed by atoms with Crippen LogP contribution in [0, 0.1) is 5.82 Å². The van der Waals surface area contributed by atoms with E-state index in [4.69, 9.17) is 9.47 Å². The second-order valence-corrected chi connectivity index (χ2v) is 9.11. The minimum absolute atomic E-state index is 0.193. The maximum absolute atomic E-state index is 14.3. The molecule has 1 aromatic heterocycles. The van der Waals surface area contributed by atoms with Gasteiger partial charge in [-0.25, -0.2) is 9.07 Å². The maximum Gasteiger partial charge on any atom is 0.173 e.